The van der Waals surface area contributed by atoms with Gasteiger partial charge in [0, 0.05) is 6.20 Å². The minimum atomic E-state index is -0.986. The van der Waals surface area contributed by atoms with Gasteiger partial charge in [-0.05, 0) is 36.4 Å². The maximum atomic E-state index is 10.9. The molecule has 0 aliphatic rings. The number of ether oxygens (including phenoxy) is 2. The summed E-state index contributed by atoms with van der Waals surface area (Å²) in [5.41, 5.74) is 1.80. The first kappa shape index (κ1) is 15.5. The van der Waals surface area contributed by atoms with E-state index in [0.29, 0.717) is 24.7 Å². The number of nitrogens with zero attached hydrogens (tertiary/aromatic N) is 2. The summed E-state index contributed by atoms with van der Waals surface area (Å²) < 4.78 is 11.0. The number of aromatic carboxylic acids is 1. The van der Waals surface area contributed by atoms with Crippen molar-refractivity contribution in [1.29, 1.82) is 0 Å². The van der Waals surface area contributed by atoms with Gasteiger partial charge in [0.25, 0.3) is 0 Å². The number of hydrogen-bond donors (Lipinski definition) is 2. The SMILES string of the molecule is O=C(O)c1cccc(OCCOc2ccc(-c3ccn[nH]3)nc2)c1. The summed E-state index contributed by atoms with van der Waals surface area (Å²) in [6.45, 7) is 0.619. The van der Waals surface area contributed by atoms with Gasteiger partial charge in [-0.1, -0.05) is 6.07 Å². The monoisotopic (exact) mass is 325 g/mol. The van der Waals surface area contributed by atoms with Gasteiger partial charge < -0.3 is 14.6 Å². The molecule has 0 atom stereocenters. The van der Waals surface area contributed by atoms with Crippen LogP contribution in [0.2, 0.25) is 0 Å². The number of aromatic amines is 1. The van der Waals surface area contributed by atoms with Crippen LogP contribution in [0.4, 0.5) is 0 Å². The molecule has 2 N–H and O–H groups in total. The first-order valence-electron chi connectivity index (χ1n) is 7.27. The zero-order valence-electron chi connectivity index (χ0n) is 12.7. The van der Waals surface area contributed by atoms with Crippen LogP contribution >= 0.6 is 0 Å². The van der Waals surface area contributed by atoms with E-state index < -0.39 is 5.97 Å². The molecule has 3 rings (SSSR count). The molecule has 7 nitrogen and oxygen atoms in total. The second-order valence-electron chi connectivity index (χ2n) is 4.88. The predicted octanol–water partition coefficient (Wildman–Crippen LogP) is 2.63. The molecule has 0 spiro atoms. The van der Waals surface area contributed by atoms with E-state index in [0.717, 1.165) is 11.4 Å². The van der Waals surface area contributed by atoms with Gasteiger partial charge in [-0.25, -0.2) is 4.79 Å². The molecule has 0 radical (unpaired) electrons. The fraction of sp³-hybridized carbons (Fsp3) is 0.118. The first-order chi connectivity index (χ1) is 11.7. The maximum absolute atomic E-state index is 10.9. The van der Waals surface area contributed by atoms with Crippen LogP contribution in [0.15, 0.2) is 54.9 Å². The number of H-pyrrole nitrogens is 1. The number of carboxylic acid groups (broad SMARTS) is 1. The highest BCUT2D eigenvalue weighted by molar-refractivity contribution is 5.87. The fourth-order valence-corrected chi connectivity index (χ4v) is 2.06. The van der Waals surface area contributed by atoms with Gasteiger partial charge >= 0.3 is 5.97 Å². The molecule has 0 amide bonds. The van der Waals surface area contributed by atoms with Gasteiger partial charge in [-0.2, -0.15) is 5.10 Å². The lowest BCUT2D eigenvalue weighted by Gasteiger charge is -2.09. The van der Waals surface area contributed by atoms with Crippen LogP contribution in [0, 0.1) is 0 Å². The quantitative estimate of drug-likeness (QED) is 0.648. The van der Waals surface area contributed by atoms with Crippen molar-refractivity contribution in [2.75, 3.05) is 13.2 Å². The summed E-state index contributed by atoms with van der Waals surface area (Å²) in [6.07, 6.45) is 3.29. The minimum Gasteiger partial charge on any atom is -0.490 e. The number of carbonyl (C=O) groups is 1. The zero-order chi connectivity index (χ0) is 16.8. The standard InChI is InChI=1S/C17H15N3O4/c21-17(22)12-2-1-3-13(10-12)23-8-9-24-14-4-5-15(18-11-14)16-6-7-19-20-16/h1-7,10-11H,8-9H2,(H,19,20)(H,21,22). The number of aromatic nitrogens is 3. The molecular weight excluding hydrogens is 310 g/mol. The Labute approximate surface area is 137 Å². The van der Waals surface area contributed by atoms with Crippen LogP contribution in [0.1, 0.15) is 10.4 Å². The lowest BCUT2D eigenvalue weighted by molar-refractivity contribution is 0.0696. The Kier molecular flexibility index (Phi) is 4.71. The molecule has 7 heteroatoms. The summed E-state index contributed by atoms with van der Waals surface area (Å²) in [6, 6.07) is 11.8. The van der Waals surface area contributed by atoms with Gasteiger partial charge in [-0.3, -0.25) is 10.1 Å². The summed E-state index contributed by atoms with van der Waals surface area (Å²) in [7, 11) is 0. The van der Waals surface area contributed by atoms with Crippen molar-refractivity contribution in [2.45, 2.75) is 0 Å². The van der Waals surface area contributed by atoms with E-state index in [1.165, 1.54) is 12.1 Å². The Bertz CT molecular complexity index is 801. The minimum absolute atomic E-state index is 0.187. The lowest BCUT2D eigenvalue weighted by atomic mass is 10.2. The molecule has 2 heterocycles. The normalized spacial score (nSPS) is 10.3. The average molecular weight is 325 g/mol. The Balaban J connectivity index is 1.48. The second kappa shape index (κ2) is 7.28. The van der Waals surface area contributed by atoms with Crippen LogP contribution in [0.25, 0.3) is 11.4 Å². The highest BCUT2D eigenvalue weighted by atomic mass is 16.5. The molecule has 122 valence electrons. The second-order valence-corrected chi connectivity index (χ2v) is 4.88. The van der Waals surface area contributed by atoms with Crippen molar-refractivity contribution in [3.05, 3.63) is 60.4 Å². The molecule has 0 saturated carbocycles. The van der Waals surface area contributed by atoms with Gasteiger partial charge in [0.2, 0.25) is 0 Å². The van der Waals surface area contributed by atoms with Crippen molar-refractivity contribution >= 4 is 5.97 Å². The van der Waals surface area contributed by atoms with E-state index in [-0.39, 0.29) is 5.56 Å². The van der Waals surface area contributed by atoms with Gasteiger partial charge in [0.15, 0.2) is 0 Å². The van der Waals surface area contributed by atoms with Crippen molar-refractivity contribution in [3.63, 3.8) is 0 Å². The van der Waals surface area contributed by atoms with Crippen molar-refractivity contribution in [3.8, 4) is 22.9 Å². The molecular formula is C17H15N3O4. The lowest BCUT2D eigenvalue weighted by Crippen LogP contribution is -2.09. The summed E-state index contributed by atoms with van der Waals surface area (Å²) >= 11 is 0. The maximum Gasteiger partial charge on any atom is 0.335 e. The Morgan fingerprint density at radius 2 is 1.92 bits per heavy atom. The predicted molar refractivity (Wildman–Crippen MR) is 86.2 cm³/mol. The molecule has 24 heavy (non-hydrogen) atoms. The number of benzene rings is 1. The van der Waals surface area contributed by atoms with E-state index in [1.807, 2.05) is 18.2 Å². The third-order valence-electron chi connectivity index (χ3n) is 3.21. The average Bonchev–Trinajstić information content (AvgIpc) is 3.14. The van der Waals surface area contributed by atoms with Crippen LogP contribution in [0.3, 0.4) is 0 Å². The first-order valence-corrected chi connectivity index (χ1v) is 7.27. The third-order valence-corrected chi connectivity index (χ3v) is 3.21. The molecule has 1 aromatic carbocycles. The Hall–Kier alpha value is -3.35. The van der Waals surface area contributed by atoms with E-state index in [9.17, 15) is 4.79 Å². The van der Waals surface area contributed by atoms with Crippen LogP contribution in [-0.2, 0) is 0 Å². The number of carboxylic acids is 1. The van der Waals surface area contributed by atoms with Gasteiger partial charge in [-0.15, -0.1) is 0 Å². The highest BCUT2D eigenvalue weighted by Crippen LogP contribution is 2.17. The largest absolute Gasteiger partial charge is 0.490 e. The van der Waals surface area contributed by atoms with E-state index >= 15 is 0 Å². The topological polar surface area (TPSA) is 97.3 Å². The smallest absolute Gasteiger partial charge is 0.335 e. The number of pyridine rings is 1. The van der Waals surface area contributed by atoms with E-state index in [2.05, 4.69) is 15.2 Å². The van der Waals surface area contributed by atoms with Crippen LogP contribution in [0.5, 0.6) is 11.5 Å². The van der Waals surface area contributed by atoms with Gasteiger partial charge in [0.1, 0.15) is 24.7 Å². The highest BCUT2D eigenvalue weighted by Gasteiger charge is 2.04. The van der Waals surface area contributed by atoms with Crippen molar-refractivity contribution < 1.29 is 19.4 Å². The molecule has 0 saturated heterocycles. The molecule has 0 unspecified atom stereocenters. The molecule has 0 aliphatic carbocycles. The summed E-state index contributed by atoms with van der Waals surface area (Å²) in [5, 5.41) is 15.6. The van der Waals surface area contributed by atoms with E-state index in [4.69, 9.17) is 14.6 Å². The molecule has 0 bridgehead atoms. The van der Waals surface area contributed by atoms with Gasteiger partial charge in [0.05, 0.1) is 23.1 Å². The molecule has 3 aromatic rings. The number of hydrogen-bond acceptors (Lipinski definition) is 5. The molecule has 0 aliphatic heterocycles. The summed E-state index contributed by atoms with van der Waals surface area (Å²) in [5.74, 6) is 0.132. The number of rotatable bonds is 7. The fourth-order valence-electron chi connectivity index (χ4n) is 2.06. The molecule has 2 aromatic heterocycles. The van der Waals surface area contributed by atoms with Crippen molar-refractivity contribution in [2.24, 2.45) is 0 Å². The third kappa shape index (κ3) is 3.89. The molecule has 0 fully saturated rings. The zero-order valence-corrected chi connectivity index (χ0v) is 12.7. The van der Waals surface area contributed by atoms with Crippen molar-refractivity contribution in [1.82, 2.24) is 15.2 Å². The Morgan fingerprint density at radius 3 is 2.58 bits per heavy atom. The van der Waals surface area contributed by atoms with E-state index in [1.54, 1.807) is 24.5 Å². The van der Waals surface area contributed by atoms with Crippen LogP contribution in [-0.4, -0.2) is 39.5 Å². The Morgan fingerprint density at radius 1 is 1.08 bits per heavy atom. The summed E-state index contributed by atoms with van der Waals surface area (Å²) in [4.78, 5) is 15.2. The van der Waals surface area contributed by atoms with Crippen LogP contribution < -0.4 is 9.47 Å². The number of nitrogens with one attached hydrogen (secondary N) is 1.